The molecule has 144 valence electrons. The van der Waals surface area contributed by atoms with E-state index in [1.165, 1.54) is 19.1 Å². The monoisotopic (exact) mass is 399 g/mol. The first-order valence-electron chi connectivity index (χ1n) is 8.83. The van der Waals surface area contributed by atoms with Crippen molar-refractivity contribution in [3.8, 4) is 11.8 Å². The zero-order chi connectivity index (χ0) is 19.0. The third kappa shape index (κ3) is 3.72. The molecule has 2 aliphatic heterocycles. The van der Waals surface area contributed by atoms with E-state index in [1.54, 1.807) is 18.3 Å². The number of benzene rings is 1. The molecule has 1 saturated heterocycles. The van der Waals surface area contributed by atoms with Crippen LogP contribution in [-0.2, 0) is 4.79 Å². The summed E-state index contributed by atoms with van der Waals surface area (Å²) >= 11 is 0. The van der Waals surface area contributed by atoms with Crippen molar-refractivity contribution < 1.29 is 14.0 Å². The Morgan fingerprint density at radius 2 is 2.18 bits per heavy atom. The number of anilines is 1. The van der Waals surface area contributed by atoms with E-state index in [-0.39, 0.29) is 35.7 Å². The second-order valence-electron chi connectivity index (χ2n) is 6.68. The van der Waals surface area contributed by atoms with E-state index in [4.69, 9.17) is 0 Å². The Balaban J connectivity index is 0.00000225. The number of hydrogen-bond acceptors (Lipinski definition) is 3. The van der Waals surface area contributed by atoms with Crippen molar-refractivity contribution in [2.75, 3.05) is 11.9 Å². The van der Waals surface area contributed by atoms with Crippen LogP contribution in [0.1, 0.15) is 46.9 Å². The number of aromatic amines is 1. The van der Waals surface area contributed by atoms with Crippen LogP contribution in [-0.4, -0.2) is 29.3 Å². The number of ketones is 1. The van der Waals surface area contributed by atoms with Crippen LogP contribution < -0.4 is 10.6 Å². The van der Waals surface area contributed by atoms with Crippen LogP contribution in [0.3, 0.4) is 0 Å². The minimum absolute atomic E-state index is 0. The van der Waals surface area contributed by atoms with Gasteiger partial charge in [0.2, 0.25) is 0 Å². The van der Waals surface area contributed by atoms with Crippen LogP contribution >= 0.6 is 12.4 Å². The number of rotatable bonds is 2. The molecule has 0 saturated carbocycles. The molecule has 2 aromatic rings. The maximum Gasteiger partial charge on any atom is 0.256 e. The fraction of sp³-hybridized carbons (Fsp3) is 0.238. The van der Waals surface area contributed by atoms with Crippen molar-refractivity contribution in [2.24, 2.45) is 0 Å². The molecular weight excluding hydrogens is 381 g/mol. The topological polar surface area (TPSA) is 74.0 Å². The third-order valence-electron chi connectivity index (χ3n) is 4.76. The number of carbonyl (C=O) groups is 2. The first-order valence-corrected chi connectivity index (χ1v) is 8.83. The molecule has 3 heterocycles. The molecule has 0 bridgehead atoms. The summed E-state index contributed by atoms with van der Waals surface area (Å²) in [4.78, 5) is 26.9. The first-order chi connectivity index (χ1) is 13.0. The number of H-pyrrole nitrogens is 1. The Bertz CT molecular complexity index is 1040. The molecule has 2 aliphatic rings. The molecule has 0 radical (unpaired) electrons. The van der Waals surface area contributed by atoms with Crippen LogP contribution in [0.2, 0.25) is 0 Å². The number of amides is 1. The second kappa shape index (κ2) is 8.01. The highest BCUT2D eigenvalue weighted by Gasteiger charge is 2.28. The summed E-state index contributed by atoms with van der Waals surface area (Å²) < 4.78 is 14.5. The molecular formula is C21H19ClFN3O2. The van der Waals surface area contributed by atoms with Gasteiger partial charge in [0.25, 0.3) is 5.91 Å². The fourth-order valence-corrected chi connectivity index (χ4v) is 3.35. The van der Waals surface area contributed by atoms with Gasteiger partial charge in [-0.3, -0.25) is 9.59 Å². The normalized spacial score (nSPS) is 18.9. The van der Waals surface area contributed by atoms with Gasteiger partial charge in [0.05, 0.1) is 22.9 Å². The lowest BCUT2D eigenvalue weighted by Crippen LogP contribution is -2.18. The molecule has 1 fully saturated rings. The van der Waals surface area contributed by atoms with Gasteiger partial charge in [-0.15, -0.1) is 12.4 Å². The summed E-state index contributed by atoms with van der Waals surface area (Å²) in [5.41, 5.74) is 2.65. The summed E-state index contributed by atoms with van der Waals surface area (Å²) in [6.45, 7) is 2.38. The lowest BCUT2D eigenvalue weighted by Gasteiger charge is -2.05. The van der Waals surface area contributed by atoms with Gasteiger partial charge in [0.1, 0.15) is 5.82 Å². The Morgan fingerprint density at radius 3 is 2.86 bits per heavy atom. The highest BCUT2D eigenvalue weighted by atomic mass is 35.5. The number of carbonyl (C=O) groups excluding carboxylic acids is 2. The van der Waals surface area contributed by atoms with Crippen molar-refractivity contribution in [3.63, 3.8) is 0 Å². The van der Waals surface area contributed by atoms with Gasteiger partial charge < -0.3 is 15.6 Å². The van der Waals surface area contributed by atoms with Gasteiger partial charge in [0, 0.05) is 23.0 Å². The van der Waals surface area contributed by atoms with E-state index >= 15 is 0 Å². The quantitative estimate of drug-likeness (QED) is 0.412. The fourth-order valence-electron chi connectivity index (χ4n) is 3.35. The summed E-state index contributed by atoms with van der Waals surface area (Å²) in [5, 5.41) is 6.01. The molecule has 0 aliphatic carbocycles. The van der Waals surface area contributed by atoms with E-state index in [2.05, 4.69) is 27.5 Å². The lowest BCUT2D eigenvalue weighted by molar-refractivity contribution is -0.110. The predicted octanol–water partition coefficient (Wildman–Crippen LogP) is 3.37. The number of Topliss-reactive ketones (excluding diaryl/α,β-unsaturated/α-hetero) is 1. The van der Waals surface area contributed by atoms with Crippen molar-refractivity contribution in [1.29, 1.82) is 0 Å². The van der Waals surface area contributed by atoms with Crippen LogP contribution in [0.5, 0.6) is 0 Å². The molecule has 7 heteroatoms. The highest BCUT2D eigenvalue weighted by molar-refractivity contribution is 6.35. The molecule has 1 aromatic heterocycles. The number of nitrogens with one attached hydrogen (secondary N) is 3. The molecule has 1 aromatic carbocycles. The standard InChI is InChI=1S/C21H18FN3O2.ClH/c1-12(26)13-9-15(24-11-13)10-17-20-16(5-4-14-3-2-8-23-14)18(22)6-7-19(20)25-21(17)27;/h6-7,9-11,14,23-24H,2-3,8H2,1H3,(H,25,27);1H/b17-10-;. The van der Waals surface area contributed by atoms with E-state index in [1.807, 2.05) is 0 Å². The SMILES string of the molecule is CC(=O)c1c[nH]c(/C=C2\C(=O)Nc3ccc(F)c(C#CC4CCCN4)c32)c1.Cl. The van der Waals surface area contributed by atoms with Crippen LogP contribution in [0.4, 0.5) is 10.1 Å². The van der Waals surface area contributed by atoms with Gasteiger partial charge in [0.15, 0.2) is 5.78 Å². The zero-order valence-corrected chi connectivity index (χ0v) is 16.0. The average Bonchev–Trinajstić information content (AvgIpc) is 3.36. The van der Waals surface area contributed by atoms with E-state index in [0.717, 1.165) is 19.4 Å². The van der Waals surface area contributed by atoms with Crippen molar-refractivity contribution >= 4 is 41.4 Å². The summed E-state index contributed by atoms with van der Waals surface area (Å²) in [5.74, 6) is 5.14. The van der Waals surface area contributed by atoms with Crippen LogP contribution in [0.25, 0.3) is 11.6 Å². The average molecular weight is 400 g/mol. The van der Waals surface area contributed by atoms with E-state index in [0.29, 0.717) is 28.1 Å². The van der Waals surface area contributed by atoms with Gasteiger partial charge in [-0.25, -0.2) is 4.39 Å². The molecule has 5 nitrogen and oxygen atoms in total. The molecule has 0 spiro atoms. The summed E-state index contributed by atoms with van der Waals surface area (Å²) in [6.07, 6.45) is 5.18. The molecule has 3 N–H and O–H groups in total. The number of aromatic nitrogens is 1. The smallest absolute Gasteiger partial charge is 0.256 e. The third-order valence-corrected chi connectivity index (χ3v) is 4.76. The molecule has 1 unspecified atom stereocenters. The van der Waals surface area contributed by atoms with Gasteiger partial charge in [-0.2, -0.15) is 0 Å². The highest BCUT2D eigenvalue weighted by Crippen LogP contribution is 2.36. The van der Waals surface area contributed by atoms with E-state index in [9.17, 15) is 14.0 Å². The van der Waals surface area contributed by atoms with Gasteiger partial charge in [-0.05, 0) is 50.6 Å². The molecule has 4 rings (SSSR count). The lowest BCUT2D eigenvalue weighted by atomic mass is 9.98. The number of fused-ring (bicyclic) bond motifs is 1. The maximum atomic E-state index is 14.5. The Labute approximate surface area is 168 Å². The maximum absolute atomic E-state index is 14.5. The Kier molecular flexibility index (Phi) is 5.68. The Morgan fingerprint density at radius 1 is 1.36 bits per heavy atom. The Hall–Kier alpha value is -2.88. The van der Waals surface area contributed by atoms with Gasteiger partial charge >= 0.3 is 0 Å². The number of hydrogen-bond donors (Lipinski definition) is 3. The van der Waals surface area contributed by atoms with Gasteiger partial charge in [-0.1, -0.05) is 11.8 Å². The van der Waals surface area contributed by atoms with Crippen molar-refractivity contribution in [2.45, 2.75) is 25.8 Å². The van der Waals surface area contributed by atoms with E-state index < -0.39 is 5.82 Å². The minimum Gasteiger partial charge on any atom is -0.361 e. The van der Waals surface area contributed by atoms with Crippen molar-refractivity contribution in [1.82, 2.24) is 10.3 Å². The molecule has 1 amide bonds. The minimum atomic E-state index is -0.461. The molecule has 28 heavy (non-hydrogen) atoms. The summed E-state index contributed by atoms with van der Waals surface area (Å²) in [7, 11) is 0. The largest absolute Gasteiger partial charge is 0.361 e. The van der Waals surface area contributed by atoms with Crippen LogP contribution in [0.15, 0.2) is 24.4 Å². The first kappa shape index (κ1) is 19.9. The van der Waals surface area contributed by atoms with Crippen molar-refractivity contribution in [3.05, 3.63) is 52.6 Å². The predicted molar refractivity (Wildman–Crippen MR) is 109 cm³/mol. The molecule has 1 atom stereocenters. The second-order valence-corrected chi connectivity index (χ2v) is 6.68. The summed E-state index contributed by atoms with van der Waals surface area (Å²) in [6, 6.07) is 4.56. The number of halogens is 2. The zero-order valence-electron chi connectivity index (χ0n) is 15.2. The van der Waals surface area contributed by atoms with Crippen LogP contribution in [0, 0.1) is 17.7 Å².